The van der Waals surface area contributed by atoms with Crippen LogP contribution in [-0.2, 0) is 18.6 Å². The number of nitrogens with two attached hydrogens (primary N) is 1. The lowest BCUT2D eigenvalue weighted by Gasteiger charge is -2.36. The number of rotatable bonds is 11. The molecule has 0 saturated heterocycles. The van der Waals surface area contributed by atoms with Gasteiger partial charge in [-0.2, -0.15) is 15.1 Å². The van der Waals surface area contributed by atoms with E-state index in [1.165, 1.54) is 14.0 Å². The fourth-order valence-electron chi connectivity index (χ4n) is 3.86. The minimum absolute atomic E-state index is 0.0929. The molecule has 1 aliphatic carbocycles. The lowest BCUT2D eigenvalue weighted by Crippen LogP contribution is -2.36. The first-order valence-electron chi connectivity index (χ1n) is 11.4. The smallest absolute Gasteiger partial charge is 0.459 e. The summed E-state index contributed by atoms with van der Waals surface area (Å²) in [6.07, 6.45) is 3.14. The fourth-order valence-corrected chi connectivity index (χ4v) is 5.56. The molecule has 0 spiro atoms. The third-order valence-electron chi connectivity index (χ3n) is 5.72. The second-order valence-electron chi connectivity index (χ2n) is 8.35. The molecule has 14 heteroatoms. The molecule has 4 rings (SSSR count). The van der Waals surface area contributed by atoms with Crippen molar-refractivity contribution in [2.24, 2.45) is 5.92 Å². The Hall–Kier alpha value is -2.92. The molecule has 2 atom stereocenters. The summed E-state index contributed by atoms with van der Waals surface area (Å²) in [6, 6.07) is 5.54. The van der Waals surface area contributed by atoms with Gasteiger partial charge in [-0.05, 0) is 56.9 Å². The first kappa shape index (κ1) is 26.2. The number of nitrogen functional groups attached to an aromatic ring is 1. The van der Waals surface area contributed by atoms with E-state index in [4.69, 9.17) is 35.9 Å². The molecule has 2 heterocycles. The largest absolute Gasteiger partial charge is 0.479 e. The van der Waals surface area contributed by atoms with Crippen molar-refractivity contribution in [2.75, 3.05) is 26.1 Å². The summed E-state index contributed by atoms with van der Waals surface area (Å²) >= 11 is 5.93. The number of imidazole rings is 1. The quantitative estimate of drug-likeness (QED) is 0.271. The second-order valence-corrected chi connectivity index (χ2v) is 10.5. The van der Waals surface area contributed by atoms with Crippen LogP contribution >= 0.6 is 19.3 Å². The molecule has 0 amide bonds. The molecule has 1 unspecified atom stereocenters. The molecule has 36 heavy (non-hydrogen) atoms. The molecular formula is C22H28ClN6O6P. The van der Waals surface area contributed by atoms with Crippen LogP contribution in [0.4, 0.5) is 5.95 Å². The van der Waals surface area contributed by atoms with Gasteiger partial charge in [-0.15, -0.1) is 0 Å². The number of nitrogens with zero attached hydrogens (tertiary/aromatic N) is 4. The number of methoxy groups -OCH3 is 1. The van der Waals surface area contributed by atoms with Crippen LogP contribution in [0.3, 0.4) is 0 Å². The monoisotopic (exact) mass is 538 g/mol. The van der Waals surface area contributed by atoms with Crippen molar-refractivity contribution in [3.63, 3.8) is 0 Å². The number of nitrogens with one attached hydrogen (secondary N) is 1. The van der Waals surface area contributed by atoms with E-state index in [1.807, 2.05) is 4.57 Å². The van der Waals surface area contributed by atoms with E-state index in [0.29, 0.717) is 22.1 Å². The van der Waals surface area contributed by atoms with Gasteiger partial charge in [0, 0.05) is 11.1 Å². The Kier molecular flexibility index (Phi) is 7.99. The van der Waals surface area contributed by atoms with Crippen LogP contribution in [0.15, 0.2) is 30.6 Å². The van der Waals surface area contributed by atoms with Crippen molar-refractivity contribution in [3.8, 4) is 11.6 Å². The number of halogens is 1. The lowest BCUT2D eigenvalue weighted by atomic mass is 9.81. The van der Waals surface area contributed by atoms with Crippen molar-refractivity contribution in [1.29, 1.82) is 0 Å². The lowest BCUT2D eigenvalue weighted by molar-refractivity contribution is -0.144. The molecule has 1 fully saturated rings. The van der Waals surface area contributed by atoms with Gasteiger partial charge < -0.3 is 24.3 Å². The number of carbonyl (C=O) groups is 1. The molecule has 0 bridgehead atoms. The number of aromatic nitrogens is 4. The van der Waals surface area contributed by atoms with Crippen LogP contribution in [0.1, 0.15) is 32.7 Å². The van der Waals surface area contributed by atoms with Gasteiger partial charge in [0.1, 0.15) is 11.8 Å². The maximum Gasteiger partial charge on any atom is 0.459 e. The zero-order valence-electron chi connectivity index (χ0n) is 20.1. The molecule has 0 aliphatic heterocycles. The molecule has 12 nitrogen and oxygen atoms in total. The standard InChI is InChI=1S/C22H28ClN6O6P/c1-4-33-21(30)13(2)28-36(31,35-17-7-5-15(23)6-8-17)34-11-14-9-16(10-14)29-12-25-18-19(29)26-22(24)27-20(18)32-3/h5-8,12-14,16H,4,9-11H2,1-3H3,(H,28,31)(H2,24,26,27)/t13-,14?,16?,36?/m0/s1. The van der Waals surface area contributed by atoms with Crippen molar-refractivity contribution in [1.82, 2.24) is 24.6 Å². The van der Waals surface area contributed by atoms with Gasteiger partial charge in [0.05, 0.1) is 26.7 Å². The van der Waals surface area contributed by atoms with Crippen molar-refractivity contribution < 1.29 is 27.9 Å². The molecule has 3 aromatic rings. The third-order valence-corrected chi connectivity index (χ3v) is 7.61. The first-order valence-corrected chi connectivity index (χ1v) is 13.3. The van der Waals surface area contributed by atoms with Gasteiger partial charge in [0.15, 0.2) is 11.2 Å². The van der Waals surface area contributed by atoms with E-state index >= 15 is 0 Å². The Balaban J connectivity index is 1.42. The topological polar surface area (TPSA) is 153 Å². The Morgan fingerprint density at radius 1 is 1.31 bits per heavy atom. The SMILES string of the molecule is CCOC(=O)[C@H](C)NP(=O)(OCC1CC(n2cnc3c(OC)nc(N)nc32)C1)Oc1ccc(Cl)cc1. The Morgan fingerprint density at radius 2 is 2.03 bits per heavy atom. The summed E-state index contributed by atoms with van der Waals surface area (Å²) in [5.41, 5.74) is 6.93. The minimum atomic E-state index is -3.93. The molecule has 2 aromatic heterocycles. The zero-order valence-corrected chi connectivity index (χ0v) is 21.7. The van der Waals surface area contributed by atoms with E-state index in [1.54, 1.807) is 37.5 Å². The van der Waals surface area contributed by atoms with Crippen molar-refractivity contribution in [2.45, 2.75) is 38.8 Å². The van der Waals surface area contributed by atoms with Crippen LogP contribution in [0.2, 0.25) is 5.02 Å². The number of carbonyl (C=O) groups excluding carboxylic acids is 1. The number of fused-ring (bicyclic) bond motifs is 1. The van der Waals surface area contributed by atoms with E-state index in [0.717, 1.165) is 12.8 Å². The summed E-state index contributed by atoms with van der Waals surface area (Å²) in [5.74, 6) is 0.234. The second kappa shape index (κ2) is 11.0. The number of hydrogen-bond acceptors (Lipinski definition) is 10. The van der Waals surface area contributed by atoms with Crippen molar-refractivity contribution >= 4 is 42.4 Å². The van der Waals surface area contributed by atoms with Crippen LogP contribution in [0.5, 0.6) is 11.6 Å². The summed E-state index contributed by atoms with van der Waals surface area (Å²) in [7, 11) is -2.43. The predicted molar refractivity (Wildman–Crippen MR) is 133 cm³/mol. The molecular weight excluding hydrogens is 511 g/mol. The molecule has 1 aromatic carbocycles. The number of benzene rings is 1. The highest BCUT2D eigenvalue weighted by Gasteiger charge is 2.37. The van der Waals surface area contributed by atoms with Gasteiger partial charge in [0.25, 0.3) is 0 Å². The van der Waals surface area contributed by atoms with E-state index < -0.39 is 19.8 Å². The highest BCUT2D eigenvalue weighted by Crippen LogP contribution is 2.48. The fraction of sp³-hybridized carbons (Fsp3) is 0.455. The first-order chi connectivity index (χ1) is 17.2. The molecule has 3 N–H and O–H groups in total. The van der Waals surface area contributed by atoms with Crippen LogP contribution in [0, 0.1) is 5.92 Å². The minimum Gasteiger partial charge on any atom is -0.479 e. The summed E-state index contributed by atoms with van der Waals surface area (Å²) in [6.45, 7) is 3.57. The third kappa shape index (κ3) is 5.89. The van der Waals surface area contributed by atoms with E-state index in [-0.39, 0.29) is 36.9 Å². The Labute approximate surface area is 213 Å². The predicted octanol–water partition coefficient (Wildman–Crippen LogP) is 3.77. The highest BCUT2D eigenvalue weighted by molar-refractivity contribution is 7.52. The van der Waals surface area contributed by atoms with Crippen LogP contribution in [-0.4, -0.2) is 51.9 Å². The number of hydrogen-bond donors (Lipinski definition) is 2. The van der Waals surface area contributed by atoms with Gasteiger partial charge in [-0.3, -0.25) is 9.32 Å². The molecule has 194 valence electrons. The van der Waals surface area contributed by atoms with E-state index in [2.05, 4.69) is 20.0 Å². The number of esters is 1. The van der Waals surface area contributed by atoms with Crippen LogP contribution < -0.4 is 20.1 Å². The summed E-state index contributed by atoms with van der Waals surface area (Å²) in [4.78, 5) is 24.8. The molecule has 1 aliphatic rings. The van der Waals surface area contributed by atoms with Gasteiger partial charge in [-0.1, -0.05) is 11.6 Å². The number of ether oxygens (including phenoxy) is 2. The molecule has 1 saturated carbocycles. The van der Waals surface area contributed by atoms with Crippen molar-refractivity contribution in [3.05, 3.63) is 35.6 Å². The van der Waals surface area contributed by atoms with Gasteiger partial charge in [0.2, 0.25) is 11.8 Å². The normalized spacial score (nSPS) is 19.8. The van der Waals surface area contributed by atoms with Gasteiger partial charge in [-0.25, -0.2) is 9.55 Å². The highest BCUT2D eigenvalue weighted by atomic mass is 35.5. The number of anilines is 1. The molecule has 0 radical (unpaired) electrons. The summed E-state index contributed by atoms with van der Waals surface area (Å²) < 4.78 is 37.2. The van der Waals surface area contributed by atoms with Gasteiger partial charge >= 0.3 is 13.7 Å². The average molecular weight is 539 g/mol. The average Bonchev–Trinajstić information content (AvgIpc) is 3.22. The Bertz CT molecular complexity index is 1270. The van der Waals surface area contributed by atoms with E-state index in [9.17, 15) is 9.36 Å². The maximum atomic E-state index is 13.6. The zero-order chi connectivity index (χ0) is 25.9. The maximum absolute atomic E-state index is 13.6. The Morgan fingerprint density at radius 3 is 2.69 bits per heavy atom. The summed E-state index contributed by atoms with van der Waals surface area (Å²) in [5, 5.41) is 3.17. The van der Waals surface area contributed by atoms with Crippen LogP contribution in [0.25, 0.3) is 11.2 Å².